The molecule has 1 aliphatic carbocycles. The summed E-state index contributed by atoms with van der Waals surface area (Å²) in [5.41, 5.74) is 0. The number of sulfone groups is 1. The van der Waals surface area contributed by atoms with Crippen molar-refractivity contribution in [2.75, 3.05) is 0 Å². The van der Waals surface area contributed by atoms with E-state index in [4.69, 9.17) is 11.6 Å². The minimum absolute atomic E-state index is 0.106. The van der Waals surface area contributed by atoms with E-state index in [1.807, 2.05) is 0 Å². The lowest BCUT2D eigenvalue weighted by Crippen LogP contribution is -2.08. The zero-order valence-electron chi connectivity index (χ0n) is 13.3. The first-order chi connectivity index (χ1) is 11.4. The maximum Gasteiger partial charge on any atom is 0.225 e. The van der Waals surface area contributed by atoms with Crippen LogP contribution in [-0.4, -0.2) is 19.2 Å². The number of thiazole rings is 1. The number of ketones is 1. The van der Waals surface area contributed by atoms with Gasteiger partial charge in [-0.2, -0.15) is 0 Å². The molecule has 0 atom stereocenters. The van der Waals surface area contributed by atoms with Crippen molar-refractivity contribution in [1.29, 1.82) is 0 Å². The molecule has 0 amide bonds. The van der Waals surface area contributed by atoms with Crippen LogP contribution in [0.25, 0.3) is 0 Å². The molecule has 0 bridgehead atoms. The number of aromatic nitrogens is 1. The van der Waals surface area contributed by atoms with Crippen LogP contribution >= 0.6 is 22.9 Å². The van der Waals surface area contributed by atoms with E-state index < -0.39 is 9.84 Å². The van der Waals surface area contributed by atoms with Gasteiger partial charge in [0.2, 0.25) is 9.84 Å². The molecule has 2 aromatic rings. The van der Waals surface area contributed by atoms with E-state index in [1.54, 1.807) is 0 Å². The third-order valence-electron chi connectivity index (χ3n) is 4.27. The third kappa shape index (κ3) is 3.41. The van der Waals surface area contributed by atoms with E-state index in [9.17, 15) is 13.2 Å². The Morgan fingerprint density at radius 3 is 2.38 bits per heavy atom. The first-order valence-electron chi connectivity index (χ1n) is 7.92. The monoisotopic (exact) mass is 383 g/mol. The quantitative estimate of drug-likeness (QED) is 0.706. The van der Waals surface area contributed by atoms with Crippen LogP contribution in [0.15, 0.2) is 34.2 Å². The third-order valence-corrected chi connectivity index (χ3v) is 7.66. The largest absolute Gasteiger partial charge is 0.293 e. The predicted octanol–water partition coefficient (Wildman–Crippen LogP) is 4.88. The van der Waals surface area contributed by atoms with Gasteiger partial charge in [-0.15, -0.1) is 11.3 Å². The van der Waals surface area contributed by atoms with Crippen molar-refractivity contribution in [3.05, 3.63) is 39.2 Å². The van der Waals surface area contributed by atoms with Crippen LogP contribution in [0.5, 0.6) is 0 Å². The number of carbonyl (C=O) groups is 1. The number of halogens is 1. The Morgan fingerprint density at radius 1 is 1.17 bits per heavy atom. The standard InChI is InChI=1S/C17H18ClNO3S2/c1-11(20)15-17(19-16(23-15)12-5-3-2-4-6-12)24(21,22)14-9-7-13(18)8-10-14/h7-10,12H,2-6H2,1H3. The molecule has 1 aromatic carbocycles. The summed E-state index contributed by atoms with van der Waals surface area (Å²) in [7, 11) is -3.83. The fraction of sp³-hybridized carbons (Fsp3) is 0.412. The minimum Gasteiger partial charge on any atom is -0.293 e. The molecule has 128 valence electrons. The Morgan fingerprint density at radius 2 is 1.79 bits per heavy atom. The van der Waals surface area contributed by atoms with E-state index in [2.05, 4.69) is 4.98 Å². The molecular weight excluding hydrogens is 366 g/mol. The number of benzene rings is 1. The van der Waals surface area contributed by atoms with Gasteiger partial charge in [0.1, 0.15) is 4.88 Å². The van der Waals surface area contributed by atoms with Crippen LogP contribution in [-0.2, 0) is 9.84 Å². The smallest absolute Gasteiger partial charge is 0.225 e. The lowest BCUT2D eigenvalue weighted by atomic mass is 9.90. The molecule has 1 aromatic heterocycles. The Hall–Kier alpha value is -1.24. The molecule has 24 heavy (non-hydrogen) atoms. The van der Waals surface area contributed by atoms with Crippen molar-refractivity contribution >= 4 is 38.6 Å². The summed E-state index contributed by atoms with van der Waals surface area (Å²) in [4.78, 5) is 16.7. The molecular formula is C17H18ClNO3S2. The summed E-state index contributed by atoms with van der Waals surface area (Å²) < 4.78 is 25.8. The van der Waals surface area contributed by atoms with Gasteiger partial charge in [0, 0.05) is 17.9 Å². The van der Waals surface area contributed by atoms with Crippen LogP contribution in [0.1, 0.15) is 59.6 Å². The fourth-order valence-corrected chi connectivity index (χ4v) is 5.96. The lowest BCUT2D eigenvalue weighted by molar-refractivity contribution is 0.101. The van der Waals surface area contributed by atoms with Crippen molar-refractivity contribution in [3.63, 3.8) is 0 Å². The van der Waals surface area contributed by atoms with Gasteiger partial charge < -0.3 is 0 Å². The summed E-state index contributed by atoms with van der Waals surface area (Å²) in [6, 6.07) is 5.94. The number of nitrogens with zero attached hydrogens (tertiary/aromatic N) is 1. The molecule has 4 nitrogen and oxygen atoms in total. The van der Waals surface area contributed by atoms with Crippen LogP contribution in [0.3, 0.4) is 0 Å². The second-order valence-electron chi connectivity index (χ2n) is 6.03. The van der Waals surface area contributed by atoms with Crippen LogP contribution in [0.4, 0.5) is 0 Å². The van der Waals surface area contributed by atoms with E-state index >= 15 is 0 Å². The number of Topliss-reactive ketones (excluding diaryl/α,β-unsaturated/α-hetero) is 1. The molecule has 3 rings (SSSR count). The lowest BCUT2D eigenvalue weighted by Gasteiger charge is -2.18. The molecule has 0 saturated heterocycles. The summed E-state index contributed by atoms with van der Waals surface area (Å²) in [6.07, 6.45) is 5.46. The van der Waals surface area contributed by atoms with Gasteiger partial charge in [0.05, 0.1) is 9.90 Å². The van der Waals surface area contributed by atoms with Gasteiger partial charge in [-0.05, 0) is 37.1 Å². The molecule has 7 heteroatoms. The van der Waals surface area contributed by atoms with E-state index in [0.717, 1.165) is 30.7 Å². The number of rotatable bonds is 4. The van der Waals surface area contributed by atoms with Crippen LogP contribution in [0.2, 0.25) is 5.02 Å². The fourth-order valence-electron chi connectivity index (χ4n) is 2.98. The maximum absolute atomic E-state index is 12.9. The Labute approximate surface area is 150 Å². The Kier molecular flexibility index (Phi) is 5.08. The summed E-state index contributed by atoms with van der Waals surface area (Å²) in [5.74, 6) is -0.00174. The first kappa shape index (κ1) is 17.6. The molecule has 0 N–H and O–H groups in total. The number of hydrogen-bond acceptors (Lipinski definition) is 5. The second-order valence-corrected chi connectivity index (χ2v) is 9.37. The van der Waals surface area contributed by atoms with Crippen molar-refractivity contribution in [1.82, 2.24) is 4.98 Å². The van der Waals surface area contributed by atoms with Gasteiger partial charge >= 0.3 is 0 Å². The van der Waals surface area contributed by atoms with Crippen molar-refractivity contribution in [3.8, 4) is 0 Å². The van der Waals surface area contributed by atoms with Gasteiger partial charge in [-0.3, -0.25) is 4.79 Å². The number of carbonyl (C=O) groups excluding carboxylic acids is 1. The molecule has 1 aliphatic rings. The highest BCUT2D eigenvalue weighted by molar-refractivity contribution is 7.91. The van der Waals surface area contributed by atoms with E-state index in [1.165, 1.54) is 48.9 Å². The Balaban J connectivity index is 2.06. The molecule has 0 unspecified atom stereocenters. The van der Waals surface area contributed by atoms with Crippen molar-refractivity contribution in [2.24, 2.45) is 0 Å². The van der Waals surface area contributed by atoms with Gasteiger partial charge in [0.25, 0.3) is 0 Å². The molecule has 1 fully saturated rings. The van der Waals surface area contributed by atoms with E-state index in [0.29, 0.717) is 5.02 Å². The van der Waals surface area contributed by atoms with Crippen molar-refractivity contribution < 1.29 is 13.2 Å². The van der Waals surface area contributed by atoms with Crippen molar-refractivity contribution in [2.45, 2.75) is 54.9 Å². The number of hydrogen-bond donors (Lipinski definition) is 0. The molecule has 0 radical (unpaired) electrons. The summed E-state index contributed by atoms with van der Waals surface area (Å²) in [5, 5.41) is 1.12. The summed E-state index contributed by atoms with van der Waals surface area (Å²) in [6.45, 7) is 1.39. The SMILES string of the molecule is CC(=O)c1sc(C2CCCCC2)nc1S(=O)(=O)c1ccc(Cl)cc1. The molecule has 1 heterocycles. The van der Waals surface area contributed by atoms with E-state index in [-0.39, 0.29) is 26.5 Å². The normalized spacial score (nSPS) is 16.2. The topological polar surface area (TPSA) is 64.1 Å². The highest BCUT2D eigenvalue weighted by Crippen LogP contribution is 2.38. The zero-order valence-corrected chi connectivity index (χ0v) is 15.7. The first-order valence-corrected chi connectivity index (χ1v) is 10.6. The zero-order chi connectivity index (χ0) is 17.3. The average Bonchev–Trinajstić information content (AvgIpc) is 3.02. The molecule has 0 aliphatic heterocycles. The Bertz CT molecular complexity index is 850. The average molecular weight is 384 g/mol. The molecule has 0 spiro atoms. The highest BCUT2D eigenvalue weighted by atomic mass is 35.5. The van der Waals surface area contributed by atoms with Gasteiger partial charge in [-0.25, -0.2) is 13.4 Å². The predicted molar refractivity (Wildman–Crippen MR) is 94.8 cm³/mol. The van der Waals surface area contributed by atoms with Gasteiger partial charge in [-0.1, -0.05) is 30.9 Å². The minimum atomic E-state index is -3.83. The highest BCUT2D eigenvalue weighted by Gasteiger charge is 2.30. The summed E-state index contributed by atoms with van der Waals surface area (Å²) >= 11 is 7.07. The van der Waals surface area contributed by atoms with Gasteiger partial charge in [0.15, 0.2) is 10.8 Å². The van der Waals surface area contributed by atoms with Crippen LogP contribution in [0, 0.1) is 0 Å². The van der Waals surface area contributed by atoms with Crippen LogP contribution < -0.4 is 0 Å². The second kappa shape index (κ2) is 6.94. The molecule has 1 saturated carbocycles. The maximum atomic E-state index is 12.9.